The number of hydrogen-bond acceptors (Lipinski definition) is 7. The van der Waals surface area contributed by atoms with Crippen LogP contribution in [0.5, 0.6) is 17.2 Å². The summed E-state index contributed by atoms with van der Waals surface area (Å²) in [5, 5.41) is 3.19. The summed E-state index contributed by atoms with van der Waals surface area (Å²) in [5.74, 6) is 1.94. The molecule has 1 aliphatic carbocycles. The van der Waals surface area contributed by atoms with E-state index in [2.05, 4.69) is 29.0 Å². The quantitative estimate of drug-likeness (QED) is 0.735. The van der Waals surface area contributed by atoms with Gasteiger partial charge in [-0.2, -0.15) is 0 Å². The van der Waals surface area contributed by atoms with E-state index in [0.717, 1.165) is 43.1 Å². The summed E-state index contributed by atoms with van der Waals surface area (Å²) in [4.78, 5) is 25.0. The number of rotatable bonds is 6. The number of methoxy groups -OCH3 is 3. The Bertz CT molecular complexity index is 976. The molecular weight excluding hydrogens is 408 g/mol. The molecular formula is C24H32N4O4. The van der Waals surface area contributed by atoms with Gasteiger partial charge < -0.3 is 24.4 Å². The molecule has 1 saturated heterocycles. The van der Waals surface area contributed by atoms with Crippen molar-refractivity contribution in [2.45, 2.75) is 45.6 Å². The van der Waals surface area contributed by atoms with E-state index in [1.807, 2.05) is 6.20 Å². The molecule has 1 N–H and O–H groups in total. The normalized spacial score (nSPS) is 19.3. The van der Waals surface area contributed by atoms with Gasteiger partial charge in [0, 0.05) is 30.4 Å². The third-order valence-electron chi connectivity index (χ3n) is 6.29. The number of ether oxygens (including phenoxy) is 3. The van der Waals surface area contributed by atoms with Gasteiger partial charge in [0.1, 0.15) is 0 Å². The molecule has 0 bridgehead atoms. The second kappa shape index (κ2) is 8.84. The summed E-state index contributed by atoms with van der Waals surface area (Å²) in [7, 11) is 4.61. The van der Waals surface area contributed by atoms with E-state index in [0.29, 0.717) is 22.8 Å². The molecule has 172 valence electrons. The molecule has 2 aliphatic rings. The van der Waals surface area contributed by atoms with Crippen molar-refractivity contribution < 1.29 is 19.0 Å². The van der Waals surface area contributed by atoms with Gasteiger partial charge in [-0.1, -0.05) is 13.8 Å². The van der Waals surface area contributed by atoms with Crippen LogP contribution in [0.3, 0.4) is 0 Å². The number of aromatic nitrogens is 2. The van der Waals surface area contributed by atoms with Crippen molar-refractivity contribution in [3.63, 3.8) is 0 Å². The lowest BCUT2D eigenvalue weighted by atomic mass is 9.74. The van der Waals surface area contributed by atoms with E-state index in [1.165, 1.54) is 34.2 Å². The molecule has 1 fully saturated rings. The van der Waals surface area contributed by atoms with E-state index >= 15 is 0 Å². The molecule has 0 spiro atoms. The lowest BCUT2D eigenvalue weighted by Gasteiger charge is -2.36. The van der Waals surface area contributed by atoms with Crippen LogP contribution < -0.4 is 24.4 Å². The summed E-state index contributed by atoms with van der Waals surface area (Å²) in [6.45, 7) is 6.44. The number of carbonyl (C=O) groups excluding carboxylic acids is 1. The van der Waals surface area contributed by atoms with Gasteiger partial charge in [-0.05, 0) is 43.2 Å². The van der Waals surface area contributed by atoms with E-state index in [1.54, 1.807) is 12.1 Å². The van der Waals surface area contributed by atoms with Crippen LogP contribution in [0.15, 0.2) is 18.3 Å². The number of amides is 1. The zero-order chi connectivity index (χ0) is 22.9. The average Bonchev–Trinajstić information content (AvgIpc) is 3.31. The van der Waals surface area contributed by atoms with Crippen LogP contribution >= 0.6 is 0 Å². The minimum atomic E-state index is -0.207. The fourth-order valence-electron chi connectivity index (χ4n) is 4.69. The molecule has 8 nitrogen and oxygen atoms in total. The summed E-state index contributed by atoms with van der Waals surface area (Å²) in [6.07, 6.45) is 5.93. The predicted octanol–water partition coefficient (Wildman–Crippen LogP) is 3.55. The highest BCUT2D eigenvalue weighted by Gasteiger charge is 2.35. The maximum atomic E-state index is 13.2. The number of nitrogens with zero attached hydrogens (tertiary/aromatic N) is 3. The van der Waals surface area contributed by atoms with Gasteiger partial charge in [-0.3, -0.25) is 4.79 Å². The number of fused-ring (bicyclic) bond motifs is 1. The molecule has 1 aromatic carbocycles. The van der Waals surface area contributed by atoms with Gasteiger partial charge in [-0.25, -0.2) is 9.97 Å². The predicted molar refractivity (Wildman–Crippen MR) is 122 cm³/mol. The van der Waals surface area contributed by atoms with Crippen LogP contribution in [-0.2, 0) is 6.42 Å². The molecule has 4 rings (SSSR count). The highest BCUT2D eigenvalue weighted by Crippen LogP contribution is 2.41. The maximum Gasteiger partial charge on any atom is 0.252 e. The van der Waals surface area contributed by atoms with E-state index in [9.17, 15) is 4.79 Å². The Morgan fingerprint density at radius 3 is 2.34 bits per heavy atom. The molecule has 0 saturated carbocycles. The van der Waals surface area contributed by atoms with Crippen LogP contribution in [0.1, 0.15) is 60.8 Å². The Hall–Kier alpha value is -3.03. The molecule has 1 aliphatic heterocycles. The molecule has 1 atom stereocenters. The summed E-state index contributed by atoms with van der Waals surface area (Å²) >= 11 is 0. The molecule has 32 heavy (non-hydrogen) atoms. The van der Waals surface area contributed by atoms with Crippen LogP contribution in [0.2, 0.25) is 0 Å². The van der Waals surface area contributed by atoms with Gasteiger partial charge in [0.05, 0.1) is 33.1 Å². The maximum absolute atomic E-state index is 13.2. The number of anilines is 1. The lowest BCUT2D eigenvalue weighted by molar-refractivity contribution is 0.0918. The second-order valence-electron chi connectivity index (χ2n) is 9.25. The minimum absolute atomic E-state index is 0.0108. The van der Waals surface area contributed by atoms with Crippen LogP contribution in [0, 0.1) is 5.41 Å². The van der Waals surface area contributed by atoms with Crippen LogP contribution in [0.4, 0.5) is 5.95 Å². The topological polar surface area (TPSA) is 85.8 Å². The smallest absolute Gasteiger partial charge is 0.252 e. The van der Waals surface area contributed by atoms with Crippen LogP contribution in [0.25, 0.3) is 0 Å². The number of nitrogens with one attached hydrogen (secondary N) is 1. The Morgan fingerprint density at radius 2 is 1.75 bits per heavy atom. The van der Waals surface area contributed by atoms with Crippen molar-refractivity contribution in [2.24, 2.45) is 5.41 Å². The molecule has 1 amide bonds. The standard InChI is InChI=1S/C24H32N4O4/c1-24(2)12-17(16-14-25-23(27-18(16)13-24)28-8-6-7-9-28)26-22(29)15-10-19(30-3)21(32-5)20(11-15)31-4/h10-11,14,17H,6-9,12-13H2,1-5H3,(H,26,29). The highest BCUT2D eigenvalue weighted by atomic mass is 16.5. The highest BCUT2D eigenvalue weighted by molar-refractivity contribution is 5.96. The number of benzene rings is 1. The Kier molecular flexibility index (Phi) is 6.13. The Balaban J connectivity index is 1.62. The second-order valence-corrected chi connectivity index (χ2v) is 9.25. The third-order valence-corrected chi connectivity index (χ3v) is 6.29. The molecule has 1 unspecified atom stereocenters. The van der Waals surface area contributed by atoms with E-state index in [4.69, 9.17) is 19.2 Å². The van der Waals surface area contributed by atoms with Gasteiger partial charge >= 0.3 is 0 Å². The van der Waals surface area contributed by atoms with Crippen molar-refractivity contribution in [2.75, 3.05) is 39.3 Å². The monoisotopic (exact) mass is 440 g/mol. The number of hydrogen-bond donors (Lipinski definition) is 1. The zero-order valence-electron chi connectivity index (χ0n) is 19.5. The SMILES string of the molecule is COc1cc(C(=O)NC2CC(C)(C)Cc3nc(N4CCCC4)ncc32)cc(OC)c1OC. The summed E-state index contributed by atoms with van der Waals surface area (Å²) in [6, 6.07) is 3.16. The first kappa shape index (κ1) is 22.2. The fourth-order valence-corrected chi connectivity index (χ4v) is 4.69. The third kappa shape index (κ3) is 4.31. The molecule has 0 radical (unpaired) electrons. The Labute approximate surface area is 189 Å². The molecule has 1 aromatic heterocycles. The fraction of sp³-hybridized carbons (Fsp3) is 0.542. The van der Waals surface area contributed by atoms with Crippen molar-refractivity contribution in [3.05, 3.63) is 35.2 Å². The molecule has 8 heteroatoms. The first-order chi connectivity index (χ1) is 15.3. The van der Waals surface area contributed by atoms with Gasteiger partial charge in [0.15, 0.2) is 11.5 Å². The lowest BCUT2D eigenvalue weighted by Crippen LogP contribution is -2.37. The first-order valence-electron chi connectivity index (χ1n) is 11.1. The van der Waals surface area contributed by atoms with E-state index < -0.39 is 0 Å². The van der Waals surface area contributed by atoms with E-state index in [-0.39, 0.29) is 17.4 Å². The van der Waals surface area contributed by atoms with Crippen molar-refractivity contribution in [1.29, 1.82) is 0 Å². The largest absolute Gasteiger partial charge is 0.493 e. The van der Waals surface area contributed by atoms with Gasteiger partial charge in [0.25, 0.3) is 5.91 Å². The van der Waals surface area contributed by atoms with Crippen molar-refractivity contribution >= 4 is 11.9 Å². The average molecular weight is 441 g/mol. The number of carbonyl (C=O) groups is 1. The first-order valence-corrected chi connectivity index (χ1v) is 11.1. The van der Waals surface area contributed by atoms with Gasteiger partial charge in [-0.15, -0.1) is 0 Å². The van der Waals surface area contributed by atoms with Crippen molar-refractivity contribution in [3.8, 4) is 17.2 Å². The van der Waals surface area contributed by atoms with Gasteiger partial charge in [0.2, 0.25) is 11.7 Å². The zero-order valence-corrected chi connectivity index (χ0v) is 19.5. The Morgan fingerprint density at radius 1 is 1.09 bits per heavy atom. The molecule has 2 heterocycles. The summed E-state index contributed by atoms with van der Waals surface area (Å²) < 4.78 is 16.2. The molecule has 2 aromatic rings. The van der Waals surface area contributed by atoms with Crippen molar-refractivity contribution in [1.82, 2.24) is 15.3 Å². The minimum Gasteiger partial charge on any atom is -0.493 e. The summed E-state index contributed by atoms with van der Waals surface area (Å²) in [5.41, 5.74) is 2.47. The van der Waals surface area contributed by atoms with Crippen LogP contribution in [-0.4, -0.2) is 50.3 Å².